The Balaban J connectivity index is 4.33. The van der Waals surface area contributed by atoms with Gasteiger partial charge in [-0.15, -0.1) is 0 Å². The van der Waals surface area contributed by atoms with E-state index < -0.39 is 18.1 Å². The Labute approximate surface area is 356 Å². The van der Waals surface area contributed by atoms with Gasteiger partial charge in [0.25, 0.3) is 0 Å². The van der Waals surface area contributed by atoms with Crippen molar-refractivity contribution in [1.82, 2.24) is 0 Å². The van der Waals surface area contributed by atoms with E-state index in [2.05, 4.69) is 62.5 Å². The molecule has 1 N–H and O–H groups in total. The molecule has 0 aromatic heterocycles. The molecule has 0 saturated carbocycles. The van der Waals surface area contributed by atoms with Crippen molar-refractivity contribution in [3.05, 3.63) is 48.6 Å². The van der Waals surface area contributed by atoms with Crippen molar-refractivity contribution in [2.45, 2.75) is 212 Å². The number of carbonyl (C=O) groups excluding carboxylic acids is 2. The number of carbonyl (C=O) groups is 3. The first-order chi connectivity index (χ1) is 28.1. The van der Waals surface area contributed by atoms with Gasteiger partial charge in [0.1, 0.15) is 6.61 Å². The van der Waals surface area contributed by atoms with E-state index in [4.69, 9.17) is 14.2 Å². The van der Waals surface area contributed by atoms with Crippen LogP contribution < -0.4 is 0 Å². The van der Waals surface area contributed by atoms with Crippen molar-refractivity contribution in [2.75, 3.05) is 41.0 Å². The molecule has 0 bridgehead atoms. The number of likely N-dealkylation sites (N-methyl/N-ethyl adjacent to an activating group) is 1. The molecular formula is C50H90NO7+. The molecule has 0 heterocycles. The van der Waals surface area contributed by atoms with Crippen LogP contribution in [0.1, 0.15) is 200 Å². The van der Waals surface area contributed by atoms with Gasteiger partial charge in [-0.3, -0.25) is 9.59 Å². The molecule has 0 amide bonds. The van der Waals surface area contributed by atoms with Gasteiger partial charge in [0, 0.05) is 19.3 Å². The maximum absolute atomic E-state index is 12.8. The Morgan fingerprint density at radius 3 is 1.45 bits per heavy atom. The van der Waals surface area contributed by atoms with Crippen LogP contribution >= 0.6 is 0 Å². The van der Waals surface area contributed by atoms with Gasteiger partial charge in [0.2, 0.25) is 0 Å². The SMILES string of the molecule is CC/C=C/C/C=C/C/C=C/CCCCCCCCC(=O)OCC(COCCC(C(=O)O)[N+](C)(C)C)OC(=O)CCCCCCC/C=C/CCCCCCCCCCC. The van der Waals surface area contributed by atoms with E-state index in [9.17, 15) is 19.5 Å². The third-order valence-electron chi connectivity index (χ3n) is 10.5. The summed E-state index contributed by atoms with van der Waals surface area (Å²) in [7, 11) is 5.52. The number of carboxylic acids is 1. The molecule has 0 rings (SSSR count). The molecule has 0 aromatic carbocycles. The van der Waals surface area contributed by atoms with Crippen LogP contribution in [-0.2, 0) is 28.6 Å². The molecule has 0 radical (unpaired) electrons. The number of unbranched alkanes of at least 4 members (excludes halogenated alkanes) is 20. The molecule has 8 heteroatoms. The van der Waals surface area contributed by atoms with Crippen molar-refractivity contribution in [1.29, 1.82) is 0 Å². The summed E-state index contributed by atoms with van der Waals surface area (Å²) in [5.74, 6) is -1.49. The Kier molecular flexibility index (Phi) is 39.1. The number of esters is 2. The number of aliphatic carboxylic acids is 1. The second kappa shape index (κ2) is 41.0. The summed E-state index contributed by atoms with van der Waals surface area (Å²) in [6.07, 6.45) is 48.7. The van der Waals surface area contributed by atoms with Crippen molar-refractivity contribution >= 4 is 17.9 Å². The van der Waals surface area contributed by atoms with Gasteiger partial charge in [-0.2, -0.15) is 0 Å². The number of carboxylic acid groups (broad SMARTS) is 1. The van der Waals surface area contributed by atoms with Crippen molar-refractivity contribution in [2.24, 2.45) is 0 Å². The highest BCUT2D eigenvalue weighted by Crippen LogP contribution is 2.14. The molecule has 8 nitrogen and oxygen atoms in total. The first-order valence-corrected chi connectivity index (χ1v) is 23.7. The molecule has 2 unspecified atom stereocenters. The van der Waals surface area contributed by atoms with Gasteiger partial charge in [0.05, 0.1) is 34.4 Å². The number of hydrogen-bond donors (Lipinski definition) is 1. The smallest absolute Gasteiger partial charge is 0.362 e. The molecule has 0 saturated heterocycles. The zero-order chi connectivity index (χ0) is 42.8. The minimum absolute atomic E-state index is 0.0533. The Morgan fingerprint density at radius 2 is 0.966 bits per heavy atom. The van der Waals surface area contributed by atoms with E-state index in [1.165, 1.54) is 83.5 Å². The maximum atomic E-state index is 12.8. The van der Waals surface area contributed by atoms with Crippen LogP contribution in [0, 0.1) is 0 Å². The van der Waals surface area contributed by atoms with Crippen molar-refractivity contribution in [3.63, 3.8) is 0 Å². The number of allylic oxidation sites excluding steroid dienone is 8. The molecule has 0 aliphatic carbocycles. The van der Waals surface area contributed by atoms with Crippen molar-refractivity contribution < 1.29 is 38.2 Å². The number of quaternary nitrogens is 1. The largest absolute Gasteiger partial charge is 0.477 e. The number of hydrogen-bond acceptors (Lipinski definition) is 6. The fourth-order valence-electron chi connectivity index (χ4n) is 6.81. The molecule has 336 valence electrons. The first-order valence-electron chi connectivity index (χ1n) is 23.7. The lowest BCUT2D eigenvalue weighted by molar-refractivity contribution is -0.887. The fraction of sp³-hybridized carbons (Fsp3) is 0.780. The van der Waals surface area contributed by atoms with Crippen LogP contribution in [-0.4, -0.2) is 80.6 Å². The normalized spacial score (nSPS) is 13.3. The molecule has 0 fully saturated rings. The Bertz CT molecular complexity index is 1090. The van der Waals surface area contributed by atoms with Gasteiger partial charge >= 0.3 is 17.9 Å². The summed E-state index contributed by atoms with van der Waals surface area (Å²) >= 11 is 0. The Hall–Kier alpha value is -2.71. The summed E-state index contributed by atoms with van der Waals surface area (Å²) in [5, 5.41) is 9.63. The maximum Gasteiger partial charge on any atom is 0.362 e. The highest BCUT2D eigenvalue weighted by atomic mass is 16.6. The standard InChI is InChI=1S/C50H89NO7/c1-6-8-10-12-14-16-18-20-22-24-25-27-29-31-33-35-37-39-41-49(53)58-46(44-56-43-42-47(50(54)55)51(3,4)5)45-57-48(52)40-38-36-34-32-30-28-26-23-21-19-17-15-13-11-9-7-2/h9,11,15,17,21,23,25,27,46-47H,6-8,10,12-14,16,18-20,22,24,26,28-45H2,1-5H3/p+1/b11-9+,17-15+,23-21+,27-25+. The average Bonchev–Trinajstić information content (AvgIpc) is 3.18. The third-order valence-corrected chi connectivity index (χ3v) is 10.5. The molecule has 0 aliphatic rings. The quantitative estimate of drug-likeness (QED) is 0.0283. The fourth-order valence-corrected chi connectivity index (χ4v) is 6.81. The minimum Gasteiger partial charge on any atom is -0.477 e. The van der Waals surface area contributed by atoms with E-state index in [1.807, 2.05) is 21.1 Å². The summed E-state index contributed by atoms with van der Waals surface area (Å²) in [6.45, 7) is 4.61. The molecular weight excluding hydrogens is 727 g/mol. The van der Waals surface area contributed by atoms with E-state index in [-0.39, 0.29) is 36.2 Å². The van der Waals surface area contributed by atoms with Gasteiger partial charge in [-0.05, 0) is 70.6 Å². The summed E-state index contributed by atoms with van der Waals surface area (Å²) < 4.78 is 17.3. The number of rotatable bonds is 42. The van der Waals surface area contributed by atoms with Crippen LogP contribution in [0.15, 0.2) is 48.6 Å². The topological polar surface area (TPSA) is 99.1 Å². The lowest BCUT2D eigenvalue weighted by Crippen LogP contribution is -2.50. The first kappa shape index (κ1) is 55.3. The summed E-state index contributed by atoms with van der Waals surface area (Å²) in [6, 6.07) is -0.619. The highest BCUT2D eigenvalue weighted by Gasteiger charge is 2.31. The summed E-state index contributed by atoms with van der Waals surface area (Å²) in [4.78, 5) is 37.0. The van der Waals surface area contributed by atoms with Gasteiger partial charge in [-0.1, -0.05) is 159 Å². The number of ether oxygens (including phenoxy) is 3. The van der Waals surface area contributed by atoms with E-state index in [1.54, 1.807) is 0 Å². The van der Waals surface area contributed by atoms with Crippen LogP contribution in [0.25, 0.3) is 0 Å². The van der Waals surface area contributed by atoms with Crippen LogP contribution in [0.4, 0.5) is 0 Å². The average molecular weight is 817 g/mol. The molecule has 0 aromatic rings. The van der Waals surface area contributed by atoms with Crippen LogP contribution in [0.3, 0.4) is 0 Å². The predicted molar refractivity (Wildman–Crippen MR) is 243 cm³/mol. The molecule has 58 heavy (non-hydrogen) atoms. The highest BCUT2D eigenvalue weighted by molar-refractivity contribution is 5.72. The van der Waals surface area contributed by atoms with E-state index in [0.717, 1.165) is 83.5 Å². The van der Waals surface area contributed by atoms with Gasteiger partial charge < -0.3 is 23.8 Å². The zero-order valence-corrected chi connectivity index (χ0v) is 38.2. The third kappa shape index (κ3) is 38.8. The monoisotopic (exact) mass is 817 g/mol. The van der Waals surface area contributed by atoms with E-state index >= 15 is 0 Å². The predicted octanol–water partition coefficient (Wildman–Crippen LogP) is 13.2. The molecule has 0 spiro atoms. The van der Waals surface area contributed by atoms with Crippen LogP contribution in [0.5, 0.6) is 0 Å². The molecule has 0 aliphatic heterocycles. The zero-order valence-electron chi connectivity index (χ0n) is 38.2. The van der Waals surface area contributed by atoms with Gasteiger partial charge in [-0.25, -0.2) is 4.79 Å². The second-order valence-electron chi connectivity index (χ2n) is 17.0. The van der Waals surface area contributed by atoms with E-state index in [0.29, 0.717) is 19.3 Å². The number of nitrogens with zero attached hydrogens (tertiary/aromatic N) is 1. The molecule has 2 atom stereocenters. The minimum atomic E-state index is -0.878. The van der Waals surface area contributed by atoms with Crippen LogP contribution in [0.2, 0.25) is 0 Å². The second-order valence-corrected chi connectivity index (χ2v) is 17.0. The van der Waals surface area contributed by atoms with Gasteiger partial charge in [0.15, 0.2) is 12.1 Å². The lowest BCUT2D eigenvalue weighted by atomic mass is 10.1. The summed E-state index contributed by atoms with van der Waals surface area (Å²) in [5.41, 5.74) is 0. The lowest BCUT2D eigenvalue weighted by Gasteiger charge is -2.31. The Morgan fingerprint density at radius 1 is 0.534 bits per heavy atom. The van der Waals surface area contributed by atoms with Crippen molar-refractivity contribution in [3.8, 4) is 0 Å².